The van der Waals surface area contributed by atoms with Crippen molar-refractivity contribution in [1.29, 1.82) is 0 Å². The lowest BCUT2D eigenvalue weighted by atomic mass is 10.1. The lowest BCUT2D eigenvalue weighted by molar-refractivity contribution is -0.117. The second kappa shape index (κ2) is 8.22. The standard InChI is InChI=1S/C23H23N3O5/c1-14-11-19(16(3)26(14)21-12-15(2)31-24-21)20(27)13-30-23(29)17-6-8-18(9-7-17)25-10-4-5-22(25)28/h6-9,11-12H,4-5,10,13H2,1-3H3. The second-order valence-electron chi connectivity index (χ2n) is 7.61. The van der Waals surface area contributed by atoms with E-state index in [-0.39, 0.29) is 18.3 Å². The zero-order chi connectivity index (χ0) is 22.1. The van der Waals surface area contributed by atoms with Crippen molar-refractivity contribution in [3.05, 3.63) is 64.7 Å². The Morgan fingerprint density at radius 3 is 2.48 bits per heavy atom. The van der Waals surface area contributed by atoms with Gasteiger partial charge < -0.3 is 14.2 Å². The zero-order valence-corrected chi connectivity index (χ0v) is 17.7. The number of Topliss-reactive ketones (excluding diaryl/α,β-unsaturated/α-hetero) is 1. The molecule has 1 saturated heterocycles. The van der Waals surface area contributed by atoms with Gasteiger partial charge in [0, 0.05) is 41.7 Å². The lowest BCUT2D eigenvalue weighted by Gasteiger charge is -2.15. The molecule has 0 atom stereocenters. The average molecular weight is 421 g/mol. The molecule has 3 aromatic rings. The number of aryl methyl sites for hydroxylation is 2. The van der Waals surface area contributed by atoms with Gasteiger partial charge in [-0.05, 0) is 57.5 Å². The Morgan fingerprint density at radius 2 is 1.87 bits per heavy atom. The molecule has 1 aliphatic rings. The molecule has 8 nitrogen and oxygen atoms in total. The number of rotatable bonds is 6. The molecule has 31 heavy (non-hydrogen) atoms. The summed E-state index contributed by atoms with van der Waals surface area (Å²) in [5.41, 5.74) is 3.07. The highest BCUT2D eigenvalue weighted by Gasteiger charge is 2.23. The summed E-state index contributed by atoms with van der Waals surface area (Å²) in [6.07, 6.45) is 1.38. The highest BCUT2D eigenvalue weighted by molar-refractivity contribution is 6.01. The van der Waals surface area contributed by atoms with Gasteiger partial charge in [0.25, 0.3) is 0 Å². The predicted octanol–water partition coefficient (Wildman–Crippen LogP) is 3.56. The third kappa shape index (κ3) is 4.01. The van der Waals surface area contributed by atoms with E-state index in [4.69, 9.17) is 9.26 Å². The molecular weight excluding hydrogens is 398 g/mol. The molecule has 160 valence electrons. The quantitative estimate of drug-likeness (QED) is 0.446. The van der Waals surface area contributed by atoms with Crippen LogP contribution in [0.2, 0.25) is 0 Å². The van der Waals surface area contributed by atoms with E-state index in [1.165, 1.54) is 0 Å². The number of nitrogens with zero attached hydrogens (tertiary/aromatic N) is 3. The normalized spacial score (nSPS) is 13.6. The number of benzene rings is 1. The predicted molar refractivity (Wildman–Crippen MR) is 113 cm³/mol. The van der Waals surface area contributed by atoms with Crippen molar-refractivity contribution >= 4 is 23.3 Å². The largest absolute Gasteiger partial charge is 0.454 e. The van der Waals surface area contributed by atoms with E-state index in [0.717, 1.165) is 17.8 Å². The number of hydrogen-bond donors (Lipinski definition) is 0. The molecule has 0 radical (unpaired) electrons. The van der Waals surface area contributed by atoms with Crippen LogP contribution in [0.3, 0.4) is 0 Å². The monoisotopic (exact) mass is 421 g/mol. The number of esters is 1. The van der Waals surface area contributed by atoms with E-state index in [0.29, 0.717) is 41.4 Å². The number of carbonyl (C=O) groups is 3. The highest BCUT2D eigenvalue weighted by Crippen LogP contribution is 2.23. The molecule has 0 spiro atoms. The molecule has 0 unspecified atom stereocenters. The molecule has 0 saturated carbocycles. The summed E-state index contributed by atoms with van der Waals surface area (Å²) < 4.78 is 12.2. The number of aromatic nitrogens is 2. The van der Waals surface area contributed by atoms with Gasteiger partial charge in [0.2, 0.25) is 11.7 Å². The van der Waals surface area contributed by atoms with Crippen LogP contribution in [-0.4, -0.2) is 40.5 Å². The van der Waals surface area contributed by atoms with Crippen molar-refractivity contribution in [2.24, 2.45) is 0 Å². The Hall–Kier alpha value is -3.68. The Morgan fingerprint density at radius 1 is 1.13 bits per heavy atom. The maximum absolute atomic E-state index is 12.7. The van der Waals surface area contributed by atoms with Gasteiger partial charge in [0.05, 0.1) is 5.56 Å². The summed E-state index contributed by atoms with van der Waals surface area (Å²) in [5, 5.41) is 4.00. The summed E-state index contributed by atoms with van der Waals surface area (Å²) in [4.78, 5) is 38.6. The minimum absolute atomic E-state index is 0.0827. The summed E-state index contributed by atoms with van der Waals surface area (Å²) in [7, 11) is 0. The van der Waals surface area contributed by atoms with Crippen LogP contribution in [0.5, 0.6) is 0 Å². The SMILES string of the molecule is Cc1cc(-n2c(C)cc(C(=O)COC(=O)c3ccc(N4CCCC4=O)cc3)c2C)no1. The number of ketones is 1. The van der Waals surface area contributed by atoms with Crippen molar-refractivity contribution in [2.75, 3.05) is 18.1 Å². The minimum atomic E-state index is -0.589. The van der Waals surface area contributed by atoms with E-state index in [1.54, 1.807) is 48.2 Å². The molecule has 0 bridgehead atoms. The van der Waals surface area contributed by atoms with Crippen molar-refractivity contribution in [3.8, 4) is 5.82 Å². The minimum Gasteiger partial charge on any atom is -0.454 e. The molecule has 8 heteroatoms. The number of carbonyl (C=O) groups excluding carboxylic acids is 3. The first-order chi connectivity index (χ1) is 14.8. The number of amides is 1. The smallest absolute Gasteiger partial charge is 0.338 e. The third-order valence-corrected chi connectivity index (χ3v) is 5.40. The fraction of sp³-hybridized carbons (Fsp3) is 0.304. The average Bonchev–Trinajstić information content (AvgIpc) is 3.45. The topological polar surface area (TPSA) is 94.6 Å². The Balaban J connectivity index is 1.42. The van der Waals surface area contributed by atoms with Crippen LogP contribution in [0, 0.1) is 20.8 Å². The van der Waals surface area contributed by atoms with Crippen LogP contribution in [0.4, 0.5) is 5.69 Å². The first-order valence-electron chi connectivity index (χ1n) is 10.1. The van der Waals surface area contributed by atoms with Gasteiger partial charge in [-0.15, -0.1) is 0 Å². The number of hydrogen-bond acceptors (Lipinski definition) is 6. The maximum atomic E-state index is 12.7. The van der Waals surface area contributed by atoms with Gasteiger partial charge in [0.15, 0.2) is 12.4 Å². The Labute approximate surface area is 179 Å². The molecule has 1 aliphatic heterocycles. The molecule has 0 aliphatic carbocycles. The molecule has 1 fully saturated rings. The van der Waals surface area contributed by atoms with Crippen molar-refractivity contribution < 1.29 is 23.6 Å². The van der Waals surface area contributed by atoms with E-state index in [2.05, 4.69) is 5.16 Å². The highest BCUT2D eigenvalue weighted by atomic mass is 16.5. The molecular formula is C23H23N3O5. The van der Waals surface area contributed by atoms with Gasteiger partial charge in [-0.1, -0.05) is 5.16 Å². The summed E-state index contributed by atoms with van der Waals surface area (Å²) >= 11 is 0. The van der Waals surface area contributed by atoms with Gasteiger partial charge in [-0.25, -0.2) is 4.79 Å². The Bertz CT molecular complexity index is 1160. The molecule has 3 heterocycles. The molecule has 1 amide bonds. The molecule has 1 aromatic carbocycles. The number of ether oxygens (including phenoxy) is 1. The second-order valence-corrected chi connectivity index (χ2v) is 7.61. The van der Waals surface area contributed by atoms with E-state index >= 15 is 0 Å². The van der Waals surface area contributed by atoms with E-state index < -0.39 is 5.97 Å². The molecule has 2 aromatic heterocycles. The Kier molecular flexibility index (Phi) is 5.46. The van der Waals surface area contributed by atoms with Gasteiger partial charge in [0.1, 0.15) is 5.76 Å². The fourth-order valence-electron chi connectivity index (χ4n) is 3.85. The first-order valence-corrected chi connectivity index (χ1v) is 10.1. The summed E-state index contributed by atoms with van der Waals surface area (Å²) in [6, 6.07) is 10.2. The summed E-state index contributed by atoms with van der Waals surface area (Å²) in [6.45, 7) is 5.79. The van der Waals surface area contributed by atoms with Crippen LogP contribution in [0.25, 0.3) is 5.82 Å². The van der Waals surface area contributed by atoms with Crippen LogP contribution >= 0.6 is 0 Å². The molecule has 0 N–H and O–H groups in total. The van der Waals surface area contributed by atoms with Crippen LogP contribution in [-0.2, 0) is 9.53 Å². The van der Waals surface area contributed by atoms with Gasteiger partial charge >= 0.3 is 5.97 Å². The van der Waals surface area contributed by atoms with Crippen LogP contribution in [0.1, 0.15) is 50.7 Å². The molecule has 4 rings (SSSR count). The maximum Gasteiger partial charge on any atom is 0.338 e. The van der Waals surface area contributed by atoms with Crippen LogP contribution in [0.15, 0.2) is 40.9 Å². The van der Waals surface area contributed by atoms with Gasteiger partial charge in [-0.2, -0.15) is 0 Å². The lowest BCUT2D eigenvalue weighted by Crippen LogP contribution is -2.23. The van der Waals surface area contributed by atoms with E-state index in [1.807, 2.05) is 18.4 Å². The van der Waals surface area contributed by atoms with Crippen molar-refractivity contribution in [2.45, 2.75) is 33.6 Å². The number of anilines is 1. The van der Waals surface area contributed by atoms with Crippen molar-refractivity contribution in [3.63, 3.8) is 0 Å². The fourth-order valence-corrected chi connectivity index (χ4v) is 3.85. The van der Waals surface area contributed by atoms with E-state index in [9.17, 15) is 14.4 Å². The summed E-state index contributed by atoms with van der Waals surface area (Å²) in [5.74, 6) is 0.463. The third-order valence-electron chi connectivity index (χ3n) is 5.40. The van der Waals surface area contributed by atoms with Gasteiger partial charge in [-0.3, -0.25) is 14.2 Å². The zero-order valence-electron chi connectivity index (χ0n) is 17.7. The first kappa shape index (κ1) is 20.6. The van der Waals surface area contributed by atoms with Crippen molar-refractivity contribution in [1.82, 2.24) is 9.72 Å². The van der Waals surface area contributed by atoms with Crippen LogP contribution < -0.4 is 4.90 Å².